The van der Waals surface area contributed by atoms with E-state index in [1.54, 1.807) is 42.5 Å². The van der Waals surface area contributed by atoms with Gasteiger partial charge in [-0.15, -0.1) is 0 Å². The van der Waals surface area contributed by atoms with Crippen molar-refractivity contribution < 1.29 is 29.0 Å². The Morgan fingerprint density at radius 3 is 2.44 bits per heavy atom. The van der Waals surface area contributed by atoms with Crippen molar-refractivity contribution in [1.82, 2.24) is 10.2 Å². The van der Waals surface area contributed by atoms with Gasteiger partial charge in [-0.2, -0.15) is 0 Å². The second-order valence-corrected chi connectivity index (χ2v) is 9.38. The molecule has 4 atom stereocenters. The molecule has 0 saturated carbocycles. The second-order valence-electron chi connectivity index (χ2n) is 8.52. The van der Waals surface area contributed by atoms with E-state index in [1.807, 2.05) is 6.92 Å². The molecule has 180 valence electrons. The number of methoxy groups -OCH3 is 2. The minimum absolute atomic E-state index is 0.272. The van der Waals surface area contributed by atoms with Gasteiger partial charge in [0.25, 0.3) is 0 Å². The number of rotatable bonds is 8. The average Bonchev–Trinajstić information content (AvgIpc) is 3.32. The Bertz CT molecular complexity index is 1120. The first kappa shape index (κ1) is 24.2. The highest BCUT2D eigenvalue weighted by atomic mass is 79.9. The number of amides is 2. The number of likely N-dealkylation sites (tertiary alicyclic amines) is 1. The zero-order valence-electron chi connectivity index (χ0n) is 19.2. The topological polar surface area (TPSA) is 105 Å². The molecule has 8 nitrogen and oxygen atoms in total. The van der Waals surface area contributed by atoms with Crippen molar-refractivity contribution in [3.63, 3.8) is 0 Å². The molecule has 2 saturated heterocycles. The highest BCUT2D eigenvalue weighted by Crippen LogP contribution is 2.54. The minimum atomic E-state index is -1.76. The number of imide groups is 1. The SMILES string of the molecule is CCCCN1C(=O)C2C(c3cc(Br)c(OC)c(OC)c3)NC(C(=O)O)(c3ccccc3)C2C1=O. The number of hydrogen-bond donors (Lipinski definition) is 2. The summed E-state index contributed by atoms with van der Waals surface area (Å²) in [6.45, 7) is 2.25. The summed E-state index contributed by atoms with van der Waals surface area (Å²) in [5.74, 6) is -3.08. The fourth-order valence-electron chi connectivity index (χ4n) is 5.19. The van der Waals surface area contributed by atoms with Gasteiger partial charge in [-0.1, -0.05) is 43.7 Å². The summed E-state index contributed by atoms with van der Waals surface area (Å²) >= 11 is 3.48. The van der Waals surface area contributed by atoms with Gasteiger partial charge in [0.05, 0.1) is 30.5 Å². The lowest BCUT2D eigenvalue weighted by atomic mass is 9.75. The third kappa shape index (κ3) is 3.58. The van der Waals surface area contributed by atoms with Crippen molar-refractivity contribution in [3.8, 4) is 11.5 Å². The van der Waals surface area contributed by atoms with Crippen LogP contribution in [0.5, 0.6) is 11.5 Å². The molecule has 2 aliphatic rings. The van der Waals surface area contributed by atoms with E-state index in [2.05, 4.69) is 21.2 Å². The van der Waals surface area contributed by atoms with E-state index < -0.39 is 35.3 Å². The van der Waals surface area contributed by atoms with E-state index in [9.17, 15) is 19.5 Å². The van der Waals surface area contributed by atoms with Crippen molar-refractivity contribution in [2.45, 2.75) is 31.3 Å². The lowest BCUT2D eigenvalue weighted by Crippen LogP contribution is -2.53. The third-order valence-electron chi connectivity index (χ3n) is 6.77. The molecule has 2 aliphatic heterocycles. The molecule has 0 spiro atoms. The zero-order chi connectivity index (χ0) is 24.6. The van der Waals surface area contributed by atoms with Gasteiger partial charge in [0.2, 0.25) is 11.8 Å². The molecule has 2 amide bonds. The summed E-state index contributed by atoms with van der Waals surface area (Å²) in [6.07, 6.45) is 1.46. The van der Waals surface area contributed by atoms with Crippen molar-refractivity contribution in [1.29, 1.82) is 0 Å². The number of carboxylic acid groups (broad SMARTS) is 1. The van der Waals surface area contributed by atoms with Gasteiger partial charge in [0, 0.05) is 12.6 Å². The molecular formula is C25H27BrN2O6. The van der Waals surface area contributed by atoms with Crippen molar-refractivity contribution >= 4 is 33.7 Å². The number of unbranched alkanes of at least 4 members (excludes halogenated alkanes) is 1. The van der Waals surface area contributed by atoms with Crippen molar-refractivity contribution in [3.05, 3.63) is 58.1 Å². The van der Waals surface area contributed by atoms with Gasteiger partial charge in [0.15, 0.2) is 17.0 Å². The van der Waals surface area contributed by atoms with Gasteiger partial charge < -0.3 is 14.6 Å². The number of carboxylic acids is 1. The Labute approximate surface area is 206 Å². The average molecular weight is 531 g/mol. The number of benzene rings is 2. The number of carbonyl (C=O) groups excluding carboxylic acids is 2. The maximum Gasteiger partial charge on any atom is 0.329 e. The van der Waals surface area contributed by atoms with Crippen LogP contribution in [0, 0.1) is 11.8 Å². The highest BCUT2D eigenvalue weighted by Gasteiger charge is 2.69. The van der Waals surface area contributed by atoms with Crippen LogP contribution in [0.3, 0.4) is 0 Å². The van der Waals surface area contributed by atoms with Crippen LogP contribution in [0.25, 0.3) is 0 Å². The number of aliphatic carboxylic acids is 1. The van der Waals surface area contributed by atoms with Crippen LogP contribution in [0.2, 0.25) is 0 Å². The first-order valence-electron chi connectivity index (χ1n) is 11.1. The number of fused-ring (bicyclic) bond motifs is 1. The Morgan fingerprint density at radius 1 is 1.15 bits per heavy atom. The van der Waals surface area contributed by atoms with Crippen LogP contribution >= 0.6 is 15.9 Å². The van der Waals surface area contributed by atoms with E-state index in [1.165, 1.54) is 19.1 Å². The van der Waals surface area contributed by atoms with E-state index in [-0.39, 0.29) is 12.5 Å². The molecule has 2 fully saturated rings. The predicted molar refractivity (Wildman–Crippen MR) is 127 cm³/mol. The standard InChI is InChI=1S/C25H27BrN2O6/c1-4-5-11-28-22(29)18-19(23(28)30)25(24(31)32,15-9-7-6-8-10-15)27-20(18)14-12-16(26)21(34-3)17(13-14)33-2/h6-10,12-13,18-20,27H,4-5,11H2,1-3H3,(H,31,32). The number of carbonyl (C=O) groups is 3. The van der Waals surface area contributed by atoms with E-state index >= 15 is 0 Å². The molecule has 2 aromatic carbocycles. The normalized spacial score (nSPS) is 26.0. The molecule has 9 heteroatoms. The number of nitrogens with one attached hydrogen (secondary N) is 1. The first-order valence-corrected chi connectivity index (χ1v) is 11.9. The Morgan fingerprint density at radius 2 is 1.85 bits per heavy atom. The lowest BCUT2D eigenvalue weighted by molar-refractivity contribution is -0.152. The molecule has 4 rings (SSSR count). The van der Waals surface area contributed by atoms with E-state index in [0.717, 1.165) is 6.42 Å². The van der Waals surface area contributed by atoms with Crippen LogP contribution < -0.4 is 14.8 Å². The van der Waals surface area contributed by atoms with Crippen LogP contribution in [-0.2, 0) is 19.9 Å². The van der Waals surface area contributed by atoms with Crippen LogP contribution in [0.1, 0.15) is 36.9 Å². The quantitative estimate of drug-likeness (QED) is 0.503. The summed E-state index contributed by atoms with van der Waals surface area (Å²) < 4.78 is 11.5. The number of hydrogen-bond acceptors (Lipinski definition) is 6. The summed E-state index contributed by atoms with van der Waals surface area (Å²) in [7, 11) is 3.02. The largest absolute Gasteiger partial charge is 0.493 e. The maximum absolute atomic E-state index is 13.6. The van der Waals surface area contributed by atoms with Gasteiger partial charge in [-0.3, -0.25) is 19.8 Å². The molecule has 34 heavy (non-hydrogen) atoms. The van der Waals surface area contributed by atoms with Crippen LogP contribution in [0.4, 0.5) is 0 Å². The summed E-state index contributed by atoms with van der Waals surface area (Å²) in [4.78, 5) is 41.4. The molecule has 2 aromatic rings. The van der Waals surface area contributed by atoms with E-state index in [4.69, 9.17) is 9.47 Å². The van der Waals surface area contributed by atoms with Crippen molar-refractivity contribution in [2.24, 2.45) is 11.8 Å². The zero-order valence-corrected chi connectivity index (χ0v) is 20.8. The number of nitrogens with zero attached hydrogens (tertiary/aromatic N) is 1. The molecular weight excluding hydrogens is 504 g/mol. The van der Waals surface area contributed by atoms with Gasteiger partial charge in [0.1, 0.15) is 0 Å². The fraction of sp³-hybridized carbons (Fsp3) is 0.400. The molecule has 0 aliphatic carbocycles. The van der Waals surface area contributed by atoms with E-state index in [0.29, 0.717) is 33.5 Å². The lowest BCUT2D eigenvalue weighted by Gasteiger charge is -2.31. The predicted octanol–water partition coefficient (Wildman–Crippen LogP) is 3.49. The molecule has 0 aromatic heterocycles. The molecule has 4 unspecified atom stereocenters. The Kier molecular flexibility index (Phi) is 6.69. The summed E-state index contributed by atoms with van der Waals surface area (Å²) in [5.41, 5.74) is -0.709. The fourth-order valence-corrected chi connectivity index (χ4v) is 5.82. The number of ether oxygens (including phenoxy) is 2. The maximum atomic E-state index is 13.6. The smallest absolute Gasteiger partial charge is 0.329 e. The Hall–Kier alpha value is -2.91. The first-order chi connectivity index (χ1) is 16.3. The number of halogens is 1. The molecule has 2 heterocycles. The minimum Gasteiger partial charge on any atom is -0.493 e. The second kappa shape index (κ2) is 9.38. The summed E-state index contributed by atoms with van der Waals surface area (Å²) in [6, 6.07) is 11.3. The third-order valence-corrected chi connectivity index (χ3v) is 7.36. The Balaban J connectivity index is 1.91. The molecule has 2 N–H and O–H groups in total. The molecule has 0 bridgehead atoms. The van der Waals surface area contributed by atoms with Crippen molar-refractivity contribution in [2.75, 3.05) is 20.8 Å². The molecule has 0 radical (unpaired) electrons. The van der Waals surface area contributed by atoms with Crippen LogP contribution in [0.15, 0.2) is 46.9 Å². The monoisotopic (exact) mass is 530 g/mol. The highest BCUT2D eigenvalue weighted by molar-refractivity contribution is 9.10. The summed E-state index contributed by atoms with van der Waals surface area (Å²) in [5, 5.41) is 13.7. The van der Waals surface area contributed by atoms with Crippen LogP contribution in [-0.4, -0.2) is 48.6 Å². The van der Waals surface area contributed by atoms with Gasteiger partial charge >= 0.3 is 5.97 Å². The van der Waals surface area contributed by atoms with Gasteiger partial charge in [-0.05, 0) is 45.6 Å². The van der Waals surface area contributed by atoms with Gasteiger partial charge in [-0.25, -0.2) is 4.79 Å².